The molecule has 0 unspecified atom stereocenters. The molecule has 0 aliphatic carbocycles. The first-order valence-electron chi connectivity index (χ1n) is 7.94. The summed E-state index contributed by atoms with van der Waals surface area (Å²) in [5.41, 5.74) is 0. The molecule has 1 aromatic rings. The number of H-pyrrole nitrogens is 1. The van der Waals surface area contributed by atoms with Crippen molar-refractivity contribution >= 4 is 18.2 Å². The van der Waals surface area contributed by atoms with E-state index in [9.17, 15) is 0 Å². The molecule has 1 N–H and O–H groups in total. The van der Waals surface area contributed by atoms with E-state index in [-0.39, 0.29) is 0 Å². The van der Waals surface area contributed by atoms with Gasteiger partial charge in [-0.15, -0.1) is 5.10 Å². The number of anilines is 1. The fraction of sp³-hybridized carbons (Fsp3) is 0.857. The van der Waals surface area contributed by atoms with E-state index in [1.54, 1.807) is 0 Å². The second-order valence-electron chi connectivity index (χ2n) is 5.89. The van der Waals surface area contributed by atoms with Crippen LogP contribution in [0.4, 0.5) is 5.95 Å². The zero-order valence-electron chi connectivity index (χ0n) is 12.3. The van der Waals surface area contributed by atoms with Crippen LogP contribution in [0.15, 0.2) is 0 Å². The van der Waals surface area contributed by atoms with Gasteiger partial charge in [0, 0.05) is 25.7 Å². The molecule has 2 aliphatic rings. The summed E-state index contributed by atoms with van der Waals surface area (Å²) in [6, 6.07) is 0.781. The molecule has 112 valence electrons. The normalized spacial score (nSPS) is 22.4. The molecule has 1 aromatic heterocycles. The van der Waals surface area contributed by atoms with Crippen LogP contribution in [-0.4, -0.2) is 51.9 Å². The highest BCUT2D eigenvalue weighted by atomic mass is 32.1. The van der Waals surface area contributed by atoms with Crippen molar-refractivity contribution in [3.8, 4) is 0 Å². The van der Waals surface area contributed by atoms with E-state index in [0.29, 0.717) is 0 Å². The fourth-order valence-electron chi connectivity index (χ4n) is 3.55. The molecule has 5 nitrogen and oxygen atoms in total. The minimum absolute atomic E-state index is 0.737. The van der Waals surface area contributed by atoms with Crippen molar-refractivity contribution in [2.24, 2.45) is 0 Å². The summed E-state index contributed by atoms with van der Waals surface area (Å²) in [5, 5.41) is 7.33. The van der Waals surface area contributed by atoms with Crippen molar-refractivity contribution in [1.82, 2.24) is 19.7 Å². The van der Waals surface area contributed by atoms with Crippen LogP contribution in [0.1, 0.15) is 39.0 Å². The molecule has 0 spiro atoms. The number of nitrogens with one attached hydrogen (secondary N) is 1. The summed E-state index contributed by atoms with van der Waals surface area (Å²) in [6.07, 6.45) is 6.69. The van der Waals surface area contributed by atoms with Gasteiger partial charge in [0.05, 0.1) is 0 Å². The van der Waals surface area contributed by atoms with Crippen LogP contribution in [0.5, 0.6) is 0 Å². The lowest BCUT2D eigenvalue weighted by Gasteiger charge is -2.40. The monoisotopic (exact) mass is 295 g/mol. The van der Waals surface area contributed by atoms with Gasteiger partial charge in [0.25, 0.3) is 0 Å². The van der Waals surface area contributed by atoms with E-state index < -0.39 is 0 Å². The summed E-state index contributed by atoms with van der Waals surface area (Å²) >= 11 is 5.28. The van der Waals surface area contributed by atoms with Crippen LogP contribution in [0.2, 0.25) is 0 Å². The highest BCUT2D eigenvalue weighted by Gasteiger charge is 2.27. The van der Waals surface area contributed by atoms with Gasteiger partial charge in [-0.1, -0.05) is 6.42 Å². The molecule has 2 fully saturated rings. The minimum Gasteiger partial charge on any atom is -0.341 e. The molecule has 0 radical (unpaired) electrons. The smallest absolute Gasteiger partial charge is 0.225 e. The third kappa shape index (κ3) is 2.76. The molecule has 6 heteroatoms. The number of hydrogen-bond donors (Lipinski definition) is 1. The van der Waals surface area contributed by atoms with Crippen molar-refractivity contribution < 1.29 is 0 Å². The molecule has 3 heterocycles. The van der Waals surface area contributed by atoms with Gasteiger partial charge in [-0.2, -0.15) is 0 Å². The van der Waals surface area contributed by atoms with Crippen molar-refractivity contribution in [2.75, 3.05) is 31.1 Å². The third-order valence-corrected chi connectivity index (χ3v) is 5.02. The van der Waals surface area contributed by atoms with Crippen LogP contribution in [-0.2, 0) is 6.54 Å². The van der Waals surface area contributed by atoms with E-state index in [1.807, 2.05) is 0 Å². The number of hydrogen-bond acceptors (Lipinski definition) is 4. The van der Waals surface area contributed by atoms with Gasteiger partial charge >= 0.3 is 0 Å². The van der Waals surface area contributed by atoms with E-state index in [4.69, 9.17) is 12.2 Å². The van der Waals surface area contributed by atoms with Crippen LogP contribution >= 0.6 is 12.2 Å². The van der Waals surface area contributed by atoms with Gasteiger partial charge in [0.15, 0.2) is 4.77 Å². The molecule has 0 aromatic carbocycles. The molecule has 2 saturated heterocycles. The Morgan fingerprint density at radius 2 is 1.85 bits per heavy atom. The number of nitrogens with zero attached hydrogens (tertiary/aromatic N) is 4. The largest absolute Gasteiger partial charge is 0.341 e. The second-order valence-corrected chi connectivity index (χ2v) is 6.27. The molecule has 0 amide bonds. The molecule has 20 heavy (non-hydrogen) atoms. The number of rotatable bonds is 3. The first-order valence-corrected chi connectivity index (χ1v) is 8.34. The van der Waals surface area contributed by atoms with E-state index in [0.717, 1.165) is 36.4 Å². The van der Waals surface area contributed by atoms with Gasteiger partial charge in [-0.3, -0.25) is 4.57 Å². The summed E-state index contributed by atoms with van der Waals surface area (Å²) in [5.74, 6) is 1.02. The first kappa shape index (κ1) is 14.1. The zero-order chi connectivity index (χ0) is 13.9. The number of aromatic nitrogens is 3. The lowest BCUT2D eigenvalue weighted by Crippen LogP contribution is -2.47. The Balaban J connectivity index is 1.61. The number of aromatic amines is 1. The minimum atomic E-state index is 0.737. The molecule has 3 rings (SSSR count). The van der Waals surface area contributed by atoms with Gasteiger partial charge in [0.2, 0.25) is 5.95 Å². The standard InChI is InChI=1S/C14H25N5S/c1-2-19-13(15-16-14(19)20)18-10-6-12(7-11-18)17-8-4-3-5-9-17/h12H,2-11H2,1H3,(H,16,20). The van der Waals surface area contributed by atoms with Gasteiger partial charge in [-0.05, 0) is 57.9 Å². The second kappa shape index (κ2) is 6.26. The molecule has 0 saturated carbocycles. The highest BCUT2D eigenvalue weighted by molar-refractivity contribution is 7.71. The summed E-state index contributed by atoms with van der Waals surface area (Å²) in [6.45, 7) is 7.81. The average Bonchev–Trinajstić information content (AvgIpc) is 2.89. The van der Waals surface area contributed by atoms with Crippen molar-refractivity contribution in [3.05, 3.63) is 4.77 Å². The van der Waals surface area contributed by atoms with E-state index in [2.05, 4.69) is 31.5 Å². The van der Waals surface area contributed by atoms with Gasteiger partial charge in [0.1, 0.15) is 0 Å². The lowest BCUT2D eigenvalue weighted by molar-refractivity contribution is 0.141. The van der Waals surface area contributed by atoms with Crippen LogP contribution in [0.3, 0.4) is 0 Å². The highest BCUT2D eigenvalue weighted by Crippen LogP contribution is 2.23. The summed E-state index contributed by atoms with van der Waals surface area (Å²) in [4.78, 5) is 5.09. The topological polar surface area (TPSA) is 40.1 Å². The summed E-state index contributed by atoms with van der Waals surface area (Å²) in [7, 11) is 0. The average molecular weight is 295 g/mol. The Kier molecular flexibility index (Phi) is 4.41. The van der Waals surface area contributed by atoms with Gasteiger partial charge in [-0.25, -0.2) is 5.10 Å². The van der Waals surface area contributed by atoms with E-state index in [1.165, 1.54) is 45.2 Å². The maximum Gasteiger partial charge on any atom is 0.225 e. The van der Waals surface area contributed by atoms with Crippen molar-refractivity contribution in [3.63, 3.8) is 0 Å². The maximum atomic E-state index is 5.28. The Hall–Kier alpha value is -0.880. The predicted octanol–water partition coefficient (Wildman–Crippen LogP) is 2.42. The molecule has 0 bridgehead atoms. The molecule has 0 atom stereocenters. The van der Waals surface area contributed by atoms with Crippen LogP contribution in [0.25, 0.3) is 0 Å². The third-order valence-electron chi connectivity index (χ3n) is 4.71. The molecular weight excluding hydrogens is 270 g/mol. The van der Waals surface area contributed by atoms with Crippen LogP contribution in [0, 0.1) is 4.77 Å². The Morgan fingerprint density at radius 1 is 1.15 bits per heavy atom. The number of likely N-dealkylation sites (tertiary alicyclic amines) is 1. The number of piperidine rings is 2. The quantitative estimate of drug-likeness (QED) is 0.869. The first-order chi connectivity index (χ1) is 9.79. The Morgan fingerprint density at radius 3 is 2.50 bits per heavy atom. The lowest BCUT2D eigenvalue weighted by atomic mass is 10.0. The van der Waals surface area contributed by atoms with Crippen molar-refractivity contribution in [1.29, 1.82) is 0 Å². The molecular formula is C14H25N5S. The SMILES string of the molecule is CCn1c(N2CCC(N3CCCCC3)CC2)n[nH]c1=S. The molecule has 2 aliphatic heterocycles. The Labute approximate surface area is 126 Å². The Bertz CT molecular complexity index is 480. The zero-order valence-corrected chi connectivity index (χ0v) is 13.2. The maximum absolute atomic E-state index is 5.28. The van der Waals surface area contributed by atoms with Crippen molar-refractivity contribution in [2.45, 2.75) is 51.6 Å². The van der Waals surface area contributed by atoms with Gasteiger partial charge < -0.3 is 9.80 Å². The van der Waals surface area contributed by atoms with E-state index >= 15 is 0 Å². The summed E-state index contributed by atoms with van der Waals surface area (Å²) < 4.78 is 2.83. The fourth-order valence-corrected chi connectivity index (χ4v) is 3.81. The predicted molar refractivity (Wildman–Crippen MR) is 83.7 cm³/mol. The van der Waals surface area contributed by atoms with Crippen LogP contribution < -0.4 is 4.90 Å².